The summed E-state index contributed by atoms with van der Waals surface area (Å²) in [7, 11) is 0. The lowest BCUT2D eigenvalue weighted by molar-refractivity contribution is -0.124. The summed E-state index contributed by atoms with van der Waals surface area (Å²) < 4.78 is 6.45. The van der Waals surface area contributed by atoms with Crippen LogP contribution in [0.5, 0.6) is 0 Å². The fourth-order valence-corrected chi connectivity index (χ4v) is 2.45. The Bertz CT molecular complexity index is 675. The minimum Gasteiger partial charge on any atom is -0.411 e. The third kappa shape index (κ3) is 5.68. The number of thioether (sulfide) groups is 1. The summed E-state index contributed by atoms with van der Waals surface area (Å²) >= 11 is 4.47. The molecule has 0 spiro atoms. The van der Waals surface area contributed by atoms with E-state index in [4.69, 9.17) is 4.42 Å². The van der Waals surface area contributed by atoms with Gasteiger partial charge in [0.15, 0.2) is 0 Å². The fraction of sp³-hybridized carbons (Fsp3) is 0.286. The molecule has 0 fully saturated rings. The number of hydrogen-bond acceptors (Lipinski definition) is 6. The summed E-state index contributed by atoms with van der Waals surface area (Å²) in [4.78, 5) is 22.9. The molecule has 0 radical (unpaired) electrons. The number of halogens is 1. The SMILES string of the molecule is CCNC(=O)CNC(=O)CSc1nnc(-c2ccc(Br)cc2)o1. The molecule has 0 aliphatic carbocycles. The van der Waals surface area contributed by atoms with Crippen LogP contribution in [-0.2, 0) is 9.59 Å². The highest BCUT2D eigenvalue weighted by molar-refractivity contribution is 9.10. The first-order valence-electron chi connectivity index (χ1n) is 6.84. The molecular formula is C14H15BrN4O3S. The minimum absolute atomic E-state index is 0.0405. The summed E-state index contributed by atoms with van der Waals surface area (Å²) in [6.07, 6.45) is 0. The van der Waals surface area contributed by atoms with Crippen LogP contribution in [0.25, 0.3) is 11.5 Å². The maximum Gasteiger partial charge on any atom is 0.277 e. The largest absolute Gasteiger partial charge is 0.411 e. The molecule has 0 atom stereocenters. The molecule has 2 rings (SSSR count). The van der Waals surface area contributed by atoms with Crippen LogP contribution in [0.1, 0.15) is 6.92 Å². The lowest BCUT2D eigenvalue weighted by atomic mass is 10.2. The number of nitrogens with zero attached hydrogens (tertiary/aromatic N) is 2. The van der Waals surface area contributed by atoms with Gasteiger partial charge in [0, 0.05) is 16.6 Å². The van der Waals surface area contributed by atoms with Gasteiger partial charge in [0.25, 0.3) is 5.22 Å². The van der Waals surface area contributed by atoms with E-state index in [0.29, 0.717) is 17.7 Å². The molecule has 1 heterocycles. The van der Waals surface area contributed by atoms with E-state index in [0.717, 1.165) is 21.8 Å². The van der Waals surface area contributed by atoms with Crippen molar-refractivity contribution < 1.29 is 14.0 Å². The van der Waals surface area contributed by atoms with Gasteiger partial charge in [-0.2, -0.15) is 0 Å². The monoisotopic (exact) mass is 398 g/mol. The molecule has 0 bridgehead atoms. The Morgan fingerprint density at radius 3 is 2.61 bits per heavy atom. The molecule has 2 aromatic rings. The summed E-state index contributed by atoms with van der Waals surface area (Å²) in [5.74, 6) is -0.00461. The molecule has 122 valence electrons. The average Bonchev–Trinajstić information content (AvgIpc) is 3.01. The van der Waals surface area contributed by atoms with Crippen LogP contribution in [0, 0.1) is 0 Å². The number of rotatable bonds is 7. The predicted molar refractivity (Wildman–Crippen MR) is 89.9 cm³/mol. The minimum atomic E-state index is -0.273. The number of hydrogen-bond donors (Lipinski definition) is 2. The van der Waals surface area contributed by atoms with E-state index in [1.165, 1.54) is 0 Å². The molecule has 0 unspecified atom stereocenters. The summed E-state index contributed by atoms with van der Waals surface area (Å²) in [6.45, 7) is 2.31. The van der Waals surface area contributed by atoms with Gasteiger partial charge in [0.05, 0.1) is 12.3 Å². The van der Waals surface area contributed by atoms with Gasteiger partial charge < -0.3 is 15.1 Å². The Kier molecular flexibility index (Phi) is 6.60. The van der Waals surface area contributed by atoms with Crippen molar-refractivity contribution in [3.63, 3.8) is 0 Å². The van der Waals surface area contributed by atoms with Crippen molar-refractivity contribution >= 4 is 39.5 Å². The maximum absolute atomic E-state index is 11.6. The molecule has 0 saturated carbocycles. The molecule has 0 aliphatic heterocycles. The fourth-order valence-electron chi connectivity index (χ4n) is 1.59. The molecule has 2 N–H and O–H groups in total. The van der Waals surface area contributed by atoms with Crippen LogP contribution in [0.15, 0.2) is 38.4 Å². The van der Waals surface area contributed by atoms with Gasteiger partial charge in [0.1, 0.15) is 0 Å². The zero-order chi connectivity index (χ0) is 16.7. The van der Waals surface area contributed by atoms with Crippen LogP contribution in [0.2, 0.25) is 0 Å². The highest BCUT2D eigenvalue weighted by atomic mass is 79.9. The van der Waals surface area contributed by atoms with Crippen LogP contribution >= 0.6 is 27.7 Å². The van der Waals surface area contributed by atoms with Crippen molar-refractivity contribution in [3.05, 3.63) is 28.7 Å². The highest BCUT2D eigenvalue weighted by Crippen LogP contribution is 2.24. The summed E-state index contributed by atoms with van der Waals surface area (Å²) in [5, 5.41) is 13.2. The van der Waals surface area contributed by atoms with Gasteiger partial charge in [0.2, 0.25) is 17.7 Å². The van der Waals surface area contributed by atoms with Crippen LogP contribution in [0.4, 0.5) is 0 Å². The second-order valence-corrected chi connectivity index (χ2v) is 6.24. The van der Waals surface area contributed by atoms with Gasteiger partial charge in [-0.25, -0.2) is 0 Å². The predicted octanol–water partition coefficient (Wildman–Crippen LogP) is 1.84. The second-order valence-electron chi connectivity index (χ2n) is 4.40. The zero-order valence-corrected chi connectivity index (χ0v) is 14.7. The van der Waals surface area contributed by atoms with Crippen LogP contribution in [0.3, 0.4) is 0 Å². The van der Waals surface area contributed by atoms with Crippen molar-refractivity contribution in [2.75, 3.05) is 18.8 Å². The molecule has 0 saturated heterocycles. The first-order chi connectivity index (χ1) is 11.1. The molecule has 0 aliphatic rings. The van der Waals surface area contributed by atoms with Gasteiger partial charge in [-0.15, -0.1) is 10.2 Å². The smallest absolute Gasteiger partial charge is 0.277 e. The number of carbonyl (C=O) groups excluding carboxylic acids is 2. The number of nitrogens with one attached hydrogen (secondary N) is 2. The van der Waals surface area contributed by atoms with E-state index >= 15 is 0 Å². The van der Waals surface area contributed by atoms with Crippen molar-refractivity contribution in [1.29, 1.82) is 0 Å². The number of aromatic nitrogens is 2. The van der Waals surface area contributed by atoms with Crippen molar-refractivity contribution in [3.8, 4) is 11.5 Å². The van der Waals surface area contributed by atoms with Crippen LogP contribution < -0.4 is 10.6 Å². The second kappa shape index (κ2) is 8.68. The van der Waals surface area contributed by atoms with E-state index in [2.05, 4.69) is 36.8 Å². The molecular weight excluding hydrogens is 384 g/mol. The van der Waals surface area contributed by atoms with Gasteiger partial charge in [-0.05, 0) is 31.2 Å². The Hall–Kier alpha value is -1.87. The molecule has 7 nitrogen and oxygen atoms in total. The Morgan fingerprint density at radius 2 is 1.91 bits per heavy atom. The van der Waals surface area contributed by atoms with Gasteiger partial charge in [-0.1, -0.05) is 27.7 Å². The third-order valence-corrected chi connectivity index (χ3v) is 3.99. The first-order valence-corrected chi connectivity index (χ1v) is 8.62. The molecule has 1 aromatic carbocycles. The number of likely N-dealkylation sites (N-methyl/N-ethyl adjacent to an activating group) is 1. The zero-order valence-electron chi connectivity index (χ0n) is 12.3. The van der Waals surface area contributed by atoms with Crippen molar-refractivity contribution in [1.82, 2.24) is 20.8 Å². The Balaban J connectivity index is 1.81. The normalized spacial score (nSPS) is 10.3. The highest BCUT2D eigenvalue weighted by Gasteiger charge is 2.11. The number of amides is 2. The van der Waals surface area contributed by atoms with Crippen LogP contribution in [-0.4, -0.2) is 40.9 Å². The molecule has 23 heavy (non-hydrogen) atoms. The lowest BCUT2D eigenvalue weighted by Crippen LogP contribution is -2.37. The van der Waals surface area contributed by atoms with Crippen molar-refractivity contribution in [2.45, 2.75) is 12.1 Å². The third-order valence-electron chi connectivity index (χ3n) is 2.64. The Labute approximate surface area is 145 Å². The van der Waals surface area contributed by atoms with Crippen molar-refractivity contribution in [2.24, 2.45) is 0 Å². The topological polar surface area (TPSA) is 97.1 Å². The Morgan fingerprint density at radius 1 is 1.17 bits per heavy atom. The van der Waals surface area contributed by atoms with Gasteiger partial charge >= 0.3 is 0 Å². The van der Waals surface area contributed by atoms with Gasteiger partial charge in [-0.3, -0.25) is 9.59 Å². The maximum atomic E-state index is 11.6. The lowest BCUT2D eigenvalue weighted by Gasteiger charge is -2.03. The number of carbonyl (C=O) groups is 2. The molecule has 9 heteroatoms. The van der Waals surface area contributed by atoms with E-state index in [1.54, 1.807) is 0 Å². The standard InChI is InChI=1S/C14H15BrN4O3S/c1-2-16-11(20)7-17-12(21)8-23-14-19-18-13(22-14)9-3-5-10(15)6-4-9/h3-6H,2,7-8H2,1H3,(H,16,20)(H,17,21). The summed E-state index contributed by atoms with van der Waals surface area (Å²) in [6, 6.07) is 7.46. The van der Waals surface area contributed by atoms with E-state index in [1.807, 2.05) is 31.2 Å². The van der Waals surface area contributed by atoms with E-state index < -0.39 is 0 Å². The molecule has 2 amide bonds. The summed E-state index contributed by atoms with van der Waals surface area (Å²) in [5.41, 5.74) is 0.799. The number of benzene rings is 1. The van der Waals surface area contributed by atoms with E-state index in [9.17, 15) is 9.59 Å². The molecule has 1 aromatic heterocycles. The average molecular weight is 399 g/mol. The first kappa shape index (κ1) is 17.5. The quantitative estimate of drug-likeness (QED) is 0.690. The van der Waals surface area contributed by atoms with E-state index in [-0.39, 0.29) is 24.1 Å².